The first kappa shape index (κ1) is 16.8. The highest BCUT2D eigenvalue weighted by Crippen LogP contribution is 2.34. The van der Waals surface area contributed by atoms with Crippen LogP contribution in [-0.2, 0) is 4.79 Å². The smallest absolute Gasteiger partial charge is 0.355 e. The molecule has 1 amide bonds. The summed E-state index contributed by atoms with van der Waals surface area (Å²) in [6.07, 6.45) is 0.200. The van der Waals surface area contributed by atoms with Crippen LogP contribution in [0, 0.1) is 16.7 Å². The number of nitrogens with one attached hydrogen (secondary N) is 1. The lowest BCUT2D eigenvalue weighted by molar-refractivity contribution is -0.135. The number of carbonyl (C=O) groups is 1. The van der Waals surface area contributed by atoms with Crippen molar-refractivity contribution in [2.75, 3.05) is 6.54 Å². The van der Waals surface area contributed by atoms with Gasteiger partial charge in [-0.05, 0) is 25.7 Å². The lowest BCUT2D eigenvalue weighted by atomic mass is 9.81. The first-order chi connectivity index (χ1) is 9.40. The molecule has 0 spiro atoms. The molecule has 114 valence electrons. The molecule has 1 aliphatic rings. The van der Waals surface area contributed by atoms with E-state index in [9.17, 15) is 23.2 Å². The predicted molar refractivity (Wildman–Crippen MR) is 68.7 cm³/mol. The monoisotopic (exact) mass is 290 g/mol. The molecule has 1 fully saturated rings. The molecule has 1 rings (SSSR count). The van der Waals surface area contributed by atoms with Crippen LogP contribution in [-0.4, -0.2) is 18.6 Å². The maximum Gasteiger partial charge on any atom is 0.389 e. The minimum atomic E-state index is -4.14. The van der Waals surface area contributed by atoms with Crippen molar-refractivity contribution in [3.8, 4) is 6.07 Å². The second-order valence-electron chi connectivity index (χ2n) is 5.44. The lowest BCUT2D eigenvalue weighted by Gasteiger charge is -2.23. The van der Waals surface area contributed by atoms with Gasteiger partial charge in [0.25, 0.3) is 0 Å². The fourth-order valence-electron chi connectivity index (χ4n) is 2.54. The van der Waals surface area contributed by atoms with Gasteiger partial charge in [-0.1, -0.05) is 25.7 Å². The van der Waals surface area contributed by atoms with Crippen LogP contribution in [0.1, 0.15) is 57.8 Å². The largest absolute Gasteiger partial charge is 0.389 e. The normalized spacial score (nSPS) is 18.9. The van der Waals surface area contributed by atoms with Gasteiger partial charge in [0.05, 0.1) is 6.07 Å². The molecule has 0 atom stereocenters. The van der Waals surface area contributed by atoms with Crippen molar-refractivity contribution < 1.29 is 18.0 Å². The van der Waals surface area contributed by atoms with Crippen LogP contribution in [0.25, 0.3) is 0 Å². The Labute approximate surface area is 117 Å². The topological polar surface area (TPSA) is 52.9 Å². The number of hydrogen-bond acceptors (Lipinski definition) is 2. The van der Waals surface area contributed by atoms with Crippen molar-refractivity contribution in [2.45, 2.75) is 64.0 Å². The fraction of sp³-hybridized carbons (Fsp3) is 0.857. The summed E-state index contributed by atoms with van der Waals surface area (Å²) in [6.45, 7) is 0.207. The van der Waals surface area contributed by atoms with Crippen molar-refractivity contribution in [1.29, 1.82) is 5.26 Å². The van der Waals surface area contributed by atoms with E-state index in [0.29, 0.717) is 12.8 Å². The quantitative estimate of drug-likeness (QED) is 0.620. The molecule has 6 heteroatoms. The molecule has 20 heavy (non-hydrogen) atoms. The summed E-state index contributed by atoms with van der Waals surface area (Å²) in [6, 6.07) is 2.13. The Balaban J connectivity index is 2.35. The van der Waals surface area contributed by atoms with Gasteiger partial charge in [0.1, 0.15) is 5.41 Å². The molecule has 0 bridgehead atoms. The van der Waals surface area contributed by atoms with Crippen LogP contribution in [0.15, 0.2) is 0 Å². The van der Waals surface area contributed by atoms with Gasteiger partial charge in [0.2, 0.25) is 5.91 Å². The molecular weight excluding hydrogens is 269 g/mol. The van der Waals surface area contributed by atoms with E-state index in [1.807, 2.05) is 0 Å². The molecule has 1 aliphatic carbocycles. The first-order valence-electron chi connectivity index (χ1n) is 7.16. The molecule has 0 aromatic rings. The van der Waals surface area contributed by atoms with Gasteiger partial charge >= 0.3 is 6.18 Å². The van der Waals surface area contributed by atoms with Gasteiger partial charge in [-0.25, -0.2) is 0 Å². The number of alkyl halides is 3. The van der Waals surface area contributed by atoms with Crippen LogP contribution in [0.4, 0.5) is 13.2 Å². The molecule has 1 saturated carbocycles. The number of nitrogens with zero attached hydrogens (tertiary/aromatic N) is 1. The number of rotatable bonds is 5. The van der Waals surface area contributed by atoms with E-state index in [4.69, 9.17) is 0 Å². The zero-order chi connectivity index (χ0) is 15.1. The average molecular weight is 290 g/mol. The number of halogens is 3. The minimum Gasteiger partial charge on any atom is -0.355 e. The van der Waals surface area contributed by atoms with Crippen molar-refractivity contribution in [2.24, 2.45) is 5.41 Å². The van der Waals surface area contributed by atoms with E-state index >= 15 is 0 Å². The minimum absolute atomic E-state index is 0.00331. The second-order valence-corrected chi connectivity index (χ2v) is 5.44. The zero-order valence-electron chi connectivity index (χ0n) is 11.6. The zero-order valence-corrected chi connectivity index (χ0v) is 11.6. The number of unbranched alkanes of at least 4 members (excludes halogenated alkanes) is 1. The highest BCUT2D eigenvalue weighted by atomic mass is 19.4. The molecule has 0 aliphatic heterocycles. The number of carbonyl (C=O) groups excluding carboxylic acids is 1. The summed E-state index contributed by atoms with van der Waals surface area (Å²) in [5, 5.41) is 11.9. The van der Waals surface area contributed by atoms with Gasteiger partial charge in [-0.3, -0.25) is 4.79 Å². The fourth-order valence-corrected chi connectivity index (χ4v) is 2.54. The Morgan fingerprint density at radius 2 is 1.75 bits per heavy atom. The van der Waals surface area contributed by atoms with Gasteiger partial charge < -0.3 is 5.32 Å². The summed E-state index contributed by atoms with van der Waals surface area (Å²) in [7, 11) is 0. The van der Waals surface area contributed by atoms with Crippen molar-refractivity contribution in [1.82, 2.24) is 5.32 Å². The summed E-state index contributed by atoms with van der Waals surface area (Å²) in [5.74, 6) is -0.311. The molecule has 0 unspecified atom stereocenters. The molecule has 0 aromatic heterocycles. The van der Waals surface area contributed by atoms with Crippen LogP contribution in [0.2, 0.25) is 0 Å². The molecule has 1 N–H and O–H groups in total. The van der Waals surface area contributed by atoms with Crippen molar-refractivity contribution in [3.63, 3.8) is 0 Å². The predicted octanol–water partition coefficient (Wildman–Crippen LogP) is 3.70. The Hall–Kier alpha value is -1.25. The number of nitriles is 1. The number of hydrogen-bond donors (Lipinski definition) is 1. The van der Waals surface area contributed by atoms with E-state index < -0.39 is 18.0 Å². The SMILES string of the molecule is N#CC1(C(=O)NCCCCC(F)(F)F)CCCCCC1. The van der Waals surface area contributed by atoms with Gasteiger partial charge in [0, 0.05) is 13.0 Å². The third-order valence-corrected chi connectivity index (χ3v) is 3.78. The summed E-state index contributed by atoms with van der Waals surface area (Å²) in [5.41, 5.74) is -0.972. The molecule has 0 radical (unpaired) electrons. The van der Waals surface area contributed by atoms with Gasteiger partial charge in [-0.15, -0.1) is 0 Å². The second kappa shape index (κ2) is 7.51. The molecule has 0 saturated heterocycles. The van der Waals surface area contributed by atoms with Crippen LogP contribution >= 0.6 is 0 Å². The third kappa shape index (κ3) is 5.40. The van der Waals surface area contributed by atoms with Crippen molar-refractivity contribution in [3.05, 3.63) is 0 Å². The molecule has 0 aromatic carbocycles. The average Bonchev–Trinajstić information content (AvgIpc) is 2.63. The molecule has 3 nitrogen and oxygen atoms in total. The maximum absolute atomic E-state index is 12.1. The Morgan fingerprint density at radius 3 is 2.25 bits per heavy atom. The van der Waals surface area contributed by atoms with E-state index in [0.717, 1.165) is 25.7 Å². The van der Waals surface area contributed by atoms with Gasteiger partial charge in [-0.2, -0.15) is 18.4 Å². The highest BCUT2D eigenvalue weighted by Gasteiger charge is 2.38. The maximum atomic E-state index is 12.1. The third-order valence-electron chi connectivity index (χ3n) is 3.78. The Morgan fingerprint density at radius 1 is 1.15 bits per heavy atom. The van der Waals surface area contributed by atoms with E-state index in [1.165, 1.54) is 0 Å². The molecular formula is C14H21F3N2O. The standard InChI is InChI=1S/C14H21F3N2O/c15-14(16,17)9-5-6-10-19-12(20)13(11-18)7-3-1-2-4-8-13/h1-10H2,(H,19,20). The van der Waals surface area contributed by atoms with E-state index in [2.05, 4.69) is 11.4 Å². The van der Waals surface area contributed by atoms with Crippen molar-refractivity contribution >= 4 is 5.91 Å². The van der Waals surface area contributed by atoms with Crippen LogP contribution < -0.4 is 5.32 Å². The van der Waals surface area contributed by atoms with E-state index in [1.54, 1.807) is 0 Å². The summed E-state index contributed by atoms with van der Waals surface area (Å²) >= 11 is 0. The molecule has 0 heterocycles. The lowest BCUT2D eigenvalue weighted by Crippen LogP contribution is -2.40. The Kier molecular flexibility index (Phi) is 6.31. The highest BCUT2D eigenvalue weighted by molar-refractivity contribution is 5.85. The summed E-state index contributed by atoms with van der Waals surface area (Å²) in [4.78, 5) is 12.1. The van der Waals surface area contributed by atoms with E-state index in [-0.39, 0.29) is 25.3 Å². The van der Waals surface area contributed by atoms with Crippen LogP contribution in [0.3, 0.4) is 0 Å². The van der Waals surface area contributed by atoms with Crippen LogP contribution in [0.5, 0.6) is 0 Å². The number of amides is 1. The Bertz CT molecular complexity index is 352. The first-order valence-corrected chi connectivity index (χ1v) is 7.16. The van der Waals surface area contributed by atoms with Gasteiger partial charge in [0.15, 0.2) is 0 Å². The summed E-state index contributed by atoms with van der Waals surface area (Å²) < 4.78 is 35.9.